The van der Waals surface area contributed by atoms with Gasteiger partial charge in [0.25, 0.3) is 11.5 Å². The number of rotatable bonds is 4. The Balaban J connectivity index is 1.55. The Morgan fingerprint density at radius 2 is 2.00 bits per heavy atom. The standard InChI is InChI=1S/C25H21FN6O4/c1-13-28-22-16(25(36)32(13)19-8-9-21(33)30-24(19)35)4-3-5-18(22)29-23(34)15-7-6-14(26)10-17(15)20-11-27-12-31(20)2/h3-7,10-12,19H,8-9H2,1-2H3,(H,29,34)(H,30,33,35). The van der Waals surface area contributed by atoms with Crippen molar-refractivity contribution in [3.63, 3.8) is 0 Å². The summed E-state index contributed by atoms with van der Waals surface area (Å²) in [4.78, 5) is 59.1. The first-order chi connectivity index (χ1) is 17.2. The fourth-order valence-electron chi connectivity index (χ4n) is 4.46. The Kier molecular flexibility index (Phi) is 5.67. The van der Waals surface area contributed by atoms with Crippen LogP contribution in [0.3, 0.4) is 0 Å². The minimum atomic E-state index is -0.856. The molecule has 4 aromatic rings. The smallest absolute Gasteiger partial charge is 0.262 e. The third-order valence-corrected chi connectivity index (χ3v) is 6.20. The van der Waals surface area contributed by atoms with Crippen molar-refractivity contribution < 1.29 is 18.8 Å². The Hall–Kier alpha value is -4.67. The lowest BCUT2D eigenvalue weighted by Crippen LogP contribution is -2.45. The normalized spacial score (nSPS) is 15.7. The summed E-state index contributed by atoms with van der Waals surface area (Å²) in [7, 11) is 1.74. The van der Waals surface area contributed by atoms with Crippen LogP contribution in [0.1, 0.15) is 35.1 Å². The first-order valence-electron chi connectivity index (χ1n) is 11.2. The van der Waals surface area contributed by atoms with Gasteiger partial charge in [0.2, 0.25) is 11.8 Å². The molecule has 1 atom stereocenters. The number of para-hydroxylation sites is 1. The first-order valence-corrected chi connectivity index (χ1v) is 11.2. The quantitative estimate of drug-likeness (QED) is 0.425. The Labute approximate surface area is 203 Å². The highest BCUT2D eigenvalue weighted by atomic mass is 19.1. The third-order valence-electron chi connectivity index (χ3n) is 6.20. The number of benzene rings is 2. The summed E-state index contributed by atoms with van der Waals surface area (Å²) in [5.41, 5.74) is 1.20. The van der Waals surface area contributed by atoms with E-state index in [0.717, 1.165) is 0 Å². The van der Waals surface area contributed by atoms with Gasteiger partial charge >= 0.3 is 0 Å². The topological polar surface area (TPSA) is 128 Å². The summed E-state index contributed by atoms with van der Waals surface area (Å²) in [5, 5.41) is 5.24. The second kappa shape index (κ2) is 8.84. The maximum Gasteiger partial charge on any atom is 0.262 e. The van der Waals surface area contributed by atoms with Gasteiger partial charge in [0.05, 0.1) is 29.3 Å². The average molecular weight is 488 g/mol. The highest BCUT2D eigenvalue weighted by Crippen LogP contribution is 2.27. The molecule has 36 heavy (non-hydrogen) atoms. The number of nitrogens with one attached hydrogen (secondary N) is 2. The zero-order valence-corrected chi connectivity index (χ0v) is 19.4. The number of aromatic nitrogens is 4. The van der Waals surface area contributed by atoms with Crippen molar-refractivity contribution in [3.05, 3.63) is 76.5 Å². The number of halogens is 1. The fraction of sp³-hybridized carbons (Fsp3) is 0.200. The molecule has 182 valence electrons. The molecular weight excluding hydrogens is 467 g/mol. The lowest BCUT2D eigenvalue weighted by molar-refractivity contribution is -0.135. The maximum atomic E-state index is 14.0. The van der Waals surface area contributed by atoms with Crippen LogP contribution < -0.4 is 16.2 Å². The summed E-state index contributed by atoms with van der Waals surface area (Å²) in [5.74, 6) is -1.69. The van der Waals surface area contributed by atoms with Crippen molar-refractivity contribution in [2.45, 2.75) is 25.8 Å². The van der Waals surface area contributed by atoms with Gasteiger partial charge in [0.1, 0.15) is 23.2 Å². The number of carbonyl (C=O) groups is 3. The van der Waals surface area contributed by atoms with E-state index in [2.05, 4.69) is 20.6 Å². The van der Waals surface area contributed by atoms with Crippen LogP contribution in [0.4, 0.5) is 10.1 Å². The summed E-state index contributed by atoms with van der Waals surface area (Å²) in [6.07, 6.45) is 3.39. The highest BCUT2D eigenvalue weighted by Gasteiger charge is 2.30. The predicted molar refractivity (Wildman–Crippen MR) is 129 cm³/mol. The summed E-state index contributed by atoms with van der Waals surface area (Å²) in [6.45, 7) is 1.59. The number of aryl methyl sites for hydroxylation is 2. The Bertz CT molecular complexity index is 1620. The van der Waals surface area contributed by atoms with Gasteiger partial charge in [-0.3, -0.25) is 29.1 Å². The number of carbonyl (C=O) groups excluding carboxylic acids is 3. The van der Waals surface area contributed by atoms with E-state index in [4.69, 9.17) is 0 Å². The van der Waals surface area contributed by atoms with Crippen molar-refractivity contribution in [1.82, 2.24) is 24.4 Å². The number of amides is 3. The van der Waals surface area contributed by atoms with Gasteiger partial charge in [-0.05, 0) is 43.7 Å². The molecule has 2 aromatic carbocycles. The van der Waals surface area contributed by atoms with Crippen LogP contribution >= 0.6 is 0 Å². The molecule has 2 aromatic heterocycles. The minimum Gasteiger partial charge on any atom is -0.334 e. The molecule has 0 radical (unpaired) electrons. The molecule has 5 rings (SSSR count). The number of piperidine rings is 1. The van der Waals surface area contributed by atoms with Crippen molar-refractivity contribution in [2.75, 3.05) is 5.32 Å². The van der Waals surface area contributed by atoms with E-state index in [1.54, 1.807) is 43.1 Å². The molecule has 2 N–H and O–H groups in total. The molecule has 3 heterocycles. The van der Waals surface area contributed by atoms with Crippen molar-refractivity contribution in [1.29, 1.82) is 0 Å². The largest absolute Gasteiger partial charge is 0.334 e. The number of imidazole rings is 1. The van der Waals surface area contributed by atoms with Gasteiger partial charge in [-0.15, -0.1) is 0 Å². The van der Waals surface area contributed by atoms with E-state index < -0.39 is 29.2 Å². The molecule has 1 aliphatic heterocycles. The lowest BCUT2D eigenvalue weighted by atomic mass is 10.0. The van der Waals surface area contributed by atoms with E-state index in [-0.39, 0.29) is 46.7 Å². The van der Waals surface area contributed by atoms with Crippen LogP contribution in [0.25, 0.3) is 22.2 Å². The van der Waals surface area contributed by atoms with Crippen molar-refractivity contribution >= 4 is 34.3 Å². The maximum absolute atomic E-state index is 14.0. The van der Waals surface area contributed by atoms with Crippen molar-refractivity contribution in [3.8, 4) is 11.3 Å². The second-order valence-electron chi connectivity index (χ2n) is 8.54. The molecule has 1 unspecified atom stereocenters. The molecule has 3 amide bonds. The van der Waals surface area contributed by atoms with E-state index >= 15 is 0 Å². The number of hydrogen-bond donors (Lipinski definition) is 2. The van der Waals surface area contributed by atoms with Crippen LogP contribution in [-0.4, -0.2) is 36.8 Å². The van der Waals surface area contributed by atoms with E-state index in [1.165, 1.54) is 29.0 Å². The molecule has 0 saturated carbocycles. The number of nitrogens with zero attached hydrogens (tertiary/aromatic N) is 4. The molecule has 10 nitrogen and oxygen atoms in total. The molecule has 1 fully saturated rings. The lowest BCUT2D eigenvalue weighted by Gasteiger charge is -2.24. The van der Waals surface area contributed by atoms with Crippen molar-refractivity contribution in [2.24, 2.45) is 7.05 Å². The van der Waals surface area contributed by atoms with Crippen LogP contribution in [-0.2, 0) is 16.6 Å². The van der Waals surface area contributed by atoms with Gasteiger partial charge in [0.15, 0.2) is 0 Å². The van der Waals surface area contributed by atoms with Gasteiger partial charge in [-0.1, -0.05) is 6.07 Å². The number of imide groups is 1. The molecular formula is C25H21FN6O4. The minimum absolute atomic E-state index is 0.118. The highest BCUT2D eigenvalue weighted by molar-refractivity contribution is 6.11. The van der Waals surface area contributed by atoms with Gasteiger partial charge in [-0.25, -0.2) is 14.4 Å². The predicted octanol–water partition coefficient (Wildman–Crippen LogP) is 2.47. The van der Waals surface area contributed by atoms with Crippen LogP contribution in [0, 0.1) is 12.7 Å². The monoisotopic (exact) mass is 488 g/mol. The number of fused-ring (bicyclic) bond motifs is 1. The Morgan fingerprint density at radius 3 is 2.72 bits per heavy atom. The SMILES string of the molecule is Cc1nc2c(NC(=O)c3ccc(F)cc3-c3cncn3C)cccc2c(=O)n1C1CCC(=O)NC1=O. The molecule has 1 saturated heterocycles. The van der Waals surface area contributed by atoms with Crippen LogP contribution in [0.15, 0.2) is 53.7 Å². The van der Waals surface area contributed by atoms with E-state index in [0.29, 0.717) is 11.3 Å². The zero-order chi connectivity index (χ0) is 25.6. The number of hydrogen-bond acceptors (Lipinski definition) is 6. The molecule has 0 spiro atoms. The third kappa shape index (κ3) is 3.94. The molecule has 0 bridgehead atoms. The second-order valence-corrected chi connectivity index (χ2v) is 8.54. The summed E-state index contributed by atoms with van der Waals surface area (Å²) >= 11 is 0. The summed E-state index contributed by atoms with van der Waals surface area (Å²) < 4.78 is 17.0. The van der Waals surface area contributed by atoms with Gasteiger partial charge in [-0.2, -0.15) is 0 Å². The zero-order valence-electron chi connectivity index (χ0n) is 19.4. The Morgan fingerprint density at radius 1 is 1.19 bits per heavy atom. The number of anilines is 1. The fourth-order valence-corrected chi connectivity index (χ4v) is 4.46. The molecule has 0 aliphatic carbocycles. The molecule has 1 aliphatic rings. The van der Waals surface area contributed by atoms with E-state index in [9.17, 15) is 23.6 Å². The van der Waals surface area contributed by atoms with Crippen LogP contribution in [0.2, 0.25) is 0 Å². The van der Waals surface area contributed by atoms with Crippen LogP contribution in [0.5, 0.6) is 0 Å². The molecule has 11 heteroatoms. The summed E-state index contributed by atoms with van der Waals surface area (Å²) in [6, 6.07) is 7.74. The van der Waals surface area contributed by atoms with E-state index in [1.807, 2.05) is 0 Å². The first kappa shape index (κ1) is 23.1. The average Bonchev–Trinajstić information content (AvgIpc) is 3.26. The van der Waals surface area contributed by atoms with Gasteiger partial charge < -0.3 is 9.88 Å². The van der Waals surface area contributed by atoms with Gasteiger partial charge in [0, 0.05) is 24.6 Å².